The summed E-state index contributed by atoms with van der Waals surface area (Å²) < 4.78 is 9.71. The molecule has 156 valence electrons. The van der Waals surface area contributed by atoms with Gasteiger partial charge in [-0.1, -0.05) is 31.4 Å². The van der Waals surface area contributed by atoms with Crippen LogP contribution in [0.1, 0.15) is 34.6 Å². The Balaban J connectivity index is 0.000000300. The van der Waals surface area contributed by atoms with Crippen LogP contribution < -0.4 is 9.47 Å². The minimum Gasteiger partial charge on any atom is -0.478 e. The van der Waals surface area contributed by atoms with Gasteiger partial charge in [-0.05, 0) is 44.2 Å². The molecule has 2 rings (SSSR count). The smallest absolute Gasteiger partial charge is 0.339 e. The van der Waals surface area contributed by atoms with Crippen LogP contribution in [0.2, 0.25) is 0 Å². The fourth-order valence-electron chi connectivity index (χ4n) is 1.81. The van der Waals surface area contributed by atoms with Crippen molar-refractivity contribution in [2.45, 2.75) is 13.8 Å². The lowest BCUT2D eigenvalue weighted by Crippen LogP contribution is -2.11. The number of para-hydroxylation sites is 1. The average Bonchev–Trinajstić information content (AvgIpc) is 2.68. The lowest BCUT2D eigenvalue weighted by atomic mass is 10.2. The number of aromatic carboxylic acids is 2. The number of ether oxygens (including phenoxy) is 2. The largest absolute Gasteiger partial charge is 0.478 e. The maximum atomic E-state index is 11.2. The van der Waals surface area contributed by atoms with Crippen molar-refractivity contribution in [3.63, 3.8) is 0 Å². The first-order chi connectivity index (χ1) is 14.0. The maximum absolute atomic E-state index is 11.2. The summed E-state index contributed by atoms with van der Waals surface area (Å²) in [6, 6.07) is 11.6. The van der Waals surface area contributed by atoms with Gasteiger partial charge in [0.2, 0.25) is 0 Å². The average molecular weight is 412 g/mol. The summed E-state index contributed by atoms with van der Waals surface area (Å²) >= 11 is 0. The highest BCUT2D eigenvalue weighted by Gasteiger charge is 2.13. The molecule has 8 nitrogen and oxygen atoms in total. The summed E-state index contributed by atoms with van der Waals surface area (Å²) in [7, 11) is 0. The third-order valence-corrected chi connectivity index (χ3v) is 3.31. The van der Waals surface area contributed by atoms with E-state index in [1.54, 1.807) is 12.1 Å². The lowest BCUT2D eigenvalue weighted by molar-refractivity contribution is -0.131. The molecule has 8 heteroatoms. The van der Waals surface area contributed by atoms with E-state index in [0.717, 1.165) is 0 Å². The fraction of sp³-hybridized carbons (Fsp3) is 0.0909. The SMILES string of the molecule is C=C(C)C(=O)Oc1cccc(C(=O)O)c1.C=C(C)C(=O)Oc1ccccc1C(=O)O. The Kier molecular flexibility index (Phi) is 8.71. The topological polar surface area (TPSA) is 127 Å². The fourth-order valence-corrected chi connectivity index (χ4v) is 1.81. The van der Waals surface area contributed by atoms with Crippen LogP contribution in [0.5, 0.6) is 11.5 Å². The van der Waals surface area contributed by atoms with Crippen LogP contribution in [0.15, 0.2) is 72.8 Å². The Morgan fingerprint density at radius 3 is 1.87 bits per heavy atom. The Hall–Kier alpha value is -4.20. The zero-order valence-corrected chi connectivity index (χ0v) is 16.4. The van der Waals surface area contributed by atoms with Crippen molar-refractivity contribution in [2.75, 3.05) is 0 Å². The molecular weight excluding hydrogens is 392 g/mol. The second-order valence-electron chi connectivity index (χ2n) is 5.97. The van der Waals surface area contributed by atoms with E-state index in [-0.39, 0.29) is 33.8 Å². The van der Waals surface area contributed by atoms with Crippen LogP contribution in [0.25, 0.3) is 0 Å². The van der Waals surface area contributed by atoms with Gasteiger partial charge in [0.1, 0.15) is 17.1 Å². The molecule has 0 amide bonds. The molecule has 0 atom stereocenters. The second-order valence-corrected chi connectivity index (χ2v) is 5.97. The van der Waals surface area contributed by atoms with Crippen LogP contribution >= 0.6 is 0 Å². The molecule has 0 aliphatic heterocycles. The molecular formula is C22H20O8. The van der Waals surface area contributed by atoms with Gasteiger partial charge in [-0.3, -0.25) is 0 Å². The van der Waals surface area contributed by atoms with E-state index in [1.165, 1.54) is 50.2 Å². The quantitative estimate of drug-likeness (QED) is 0.417. The van der Waals surface area contributed by atoms with E-state index in [1.807, 2.05) is 0 Å². The Labute approximate surface area is 172 Å². The standard InChI is InChI=1S/2C11H10O4/c1-7(2)11(14)15-9-5-3-4-8(6-9)10(12)13;1-7(2)11(14)15-9-6-4-3-5-8(9)10(12)13/h2*3-6H,1H2,2H3,(H,12,13). The van der Waals surface area contributed by atoms with Crippen molar-refractivity contribution < 1.29 is 38.9 Å². The lowest BCUT2D eigenvalue weighted by Gasteiger charge is -2.06. The van der Waals surface area contributed by atoms with Crippen molar-refractivity contribution in [3.8, 4) is 11.5 Å². The van der Waals surface area contributed by atoms with E-state index in [9.17, 15) is 19.2 Å². The van der Waals surface area contributed by atoms with Gasteiger partial charge in [-0.2, -0.15) is 0 Å². The zero-order chi connectivity index (χ0) is 22.8. The molecule has 0 spiro atoms. The highest BCUT2D eigenvalue weighted by molar-refractivity contribution is 5.94. The van der Waals surface area contributed by atoms with E-state index < -0.39 is 23.9 Å². The first kappa shape index (κ1) is 23.8. The molecule has 0 fully saturated rings. The highest BCUT2D eigenvalue weighted by Crippen LogP contribution is 2.18. The number of carboxylic acids is 2. The molecule has 30 heavy (non-hydrogen) atoms. The minimum atomic E-state index is -1.14. The molecule has 2 N–H and O–H groups in total. The summed E-state index contributed by atoms with van der Waals surface area (Å²) in [5, 5.41) is 17.5. The number of benzene rings is 2. The van der Waals surface area contributed by atoms with Crippen molar-refractivity contribution in [1.82, 2.24) is 0 Å². The van der Waals surface area contributed by atoms with E-state index >= 15 is 0 Å². The van der Waals surface area contributed by atoms with Crippen LogP contribution in [-0.4, -0.2) is 34.1 Å². The Bertz CT molecular complexity index is 1000. The molecule has 0 bridgehead atoms. The van der Waals surface area contributed by atoms with Crippen LogP contribution in [0.4, 0.5) is 0 Å². The Morgan fingerprint density at radius 2 is 1.33 bits per heavy atom. The van der Waals surface area contributed by atoms with Gasteiger partial charge in [-0.15, -0.1) is 0 Å². The number of hydrogen-bond donors (Lipinski definition) is 2. The van der Waals surface area contributed by atoms with Gasteiger partial charge in [0.15, 0.2) is 0 Å². The van der Waals surface area contributed by atoms with E-state index in [4.69, 9.17) is 19.7 Å². The molecule has 2 aromatic rings. The summed E-state index contributed by atoms with van der Waals surface area (Å²) in [4.78, 5) is 43.7. The number of carbonyl (C=O) groups excluding carboxylic acids is 2. The molecule has 0 radical (unpaired) electrons. The van der Waals surface area contributed by atoms with Crippen molar-refractivity contribution >= 4 is 23.9 Å². The molecule has 0 aliphatic rings. The van der Waals surface area contributed by atoms with Gasteiger partial charge < -0.3 is 19.7 Å². The molecule has 0 unspecified atom stereocenters. The summed E-state index contributed by atoms with van der Waals surface area (Å²) in [6.45, 7) is 9.83. The monoisotopic (exact) mass is 412 g/mol. The predicted molar refractivity (Wildman–Crippen MR) is 108 cm³/mol. The second kappa shape index (κ2) is 11.0. The third kappa shape index (κ3) is 7.43. The van der Waals surface area contributed by atoms with Crippen LogP contribution in [0, 0.1) is 0 Å². The number of carboxylic acid groups (broad SMARTS) is 2. The minimum absolute atomic E-state index is 0.0259. The summed E-state index contributed by atoms with van der Waals surface area (Å²) in [6.07, 6.45) is 0. The van der Waals surface area contributed by atoms with Gasteiger partial charge in [-0.25, -0.2) is 19.2 Å². The molecule has 0 aliphatic carbocycles. The first-order valence-electron chi connectivity index (χ1n) is 8.44. The number of rotatable bonds is 6. The zero-order valence-electron chi connectivity index (χ0n) is 16.4. The number of carbonyl (C=O) groups is 4. The maximum Gasteiger partial charge on any atom is 0.339 e. The molecule has 0 saturated carbocycles. The van der Waals surface area contributed by atoms with Crippen molar-refractivity contribution in [1.29, 1.82) is 0 Å². The number of hydrogen-bond acceptors (Lipinski definition) is 6. The molecule has 0 saturated heterocycles. The van der Waals surface area contributed by atoms with Gasteiger partial charge >= 0.3 is 23.9 Å². The van der Waals surface area contributed by atoms with Gasteiger partial charge in [0.05, 0.1) is 5.56 Å². The summed E-state index contributed by atoms with van der Waals surface area (Å²) in [5.74, 6) is -3.19. The number of esters is 2. The molecule has 2 aromatic carbocycles. The normalized spacial score (nSPS) is 9.40. The van der Waals surface area contributed by atoms with Gasteiger partial charge in [0, 0.05) is 11.1 Å². The van der Waals surface area contributed by atoms with Crippen molar-refractivity contribution in [3.05, 3.63) is 84.0 Å². The van der Waals surface area contributed by atoms with Crippen molar-refractivity contribution in [2.24, 2.45) is 0 Å². The Morgan fingerprint density at radius 1 is 0.767 bits per heavy atom. The van der Waals surface area contributed by atoms with Crippen LogP contribution in [-0.2, 0) is 9.59 Å². The highest BCUT2D eigenvalue weighted by atomic mass is 16.5. The summed E-state index contributed by atoms with van der Waals surface area (Å²) in [5.41, 5.74) is 0.500. The van der Waals surface area contributed by atoms with E-state index in [0.29, 0.717) is 0 Å². The molecule has 0 heterocycles. The third-order valence-electron chi connectivity index (χ3n) is 3.31. The molecule has 0 aromatic heterocycles. The van der Waals surface area contributed by atoms with E-state index in [2.05, 4.69) is 13.2 Å². The van der Waals surface area contributed by atoms with Crippen LogP contribution in [0.3, 0.4) is 0 Å². The van der Waals surface area contributed by atoms with Gasteiger partial charge in [0.25, 0.3) is 0 Å². The first-order valence-corrected chi connectivity index (χ1v) is 8.44. The predicted octanol–water partition coefficient (Wildman–Crippen LogP) is 3.73.